The summed E-state index contributed by atoms with van der Waals surface area (Å²) in [6, 6.07) is 0.405. The van der Waals surface area contributed by atoms with Crippen molar-refractivity contribution < 1.29 is 9.47 Å². The maximum Gasteiger partial charge on any atom is 0.103 e. The Labute approximate surface area is 153 Å². The van der Waals surface area contributed by atoms with Crippen molar-refractivity contribution in [3.8, 4) is 0 Å². The van der Waals surface area contributed by atoms with Crippen molar-refractivity contribution in [1.82, 2.24) is 5.32 Å². The lowest BCUT2D eigenvalue weighted by Gasteiger charge is -2.25. The lowest BCUT2D eigenvalue weighted by Crippen LogP contribution is -2.43. The predicted octanol–water partition coefficient (Wildman–Crippen LogP) is 4.36. The molecule has 0 bridgehead atoms. The molecule has 0 aromatic heterocycles. The summed E-state index contributed by atoms with van der Waals surface area (Å²) < 4.78 is 10.8. The Hall–Kier alpha value is -0.0551. The molecule has 0 fully saturated rings. The molecule has 0 saturated heterocycles. The van der Waals surface area contributed by atoms with Crippen molar-refractivity contribution in [2.75, 3.05) is 27.4 Å². The molecule has 0 amide bonds. The van der Waals surface area contributed by atoms with Gasteiger partial charge in [0.25, 0.3) is 0 Å². The van der Waals surface area contributed by atoms with Gasteiger partial charge in [0, 0.05) is 20.3 Å². The second kappa shape index (κ2) is 19.3. The average molecular weight is 341 g/mol. The van der Waals surface area contributed by atoms with Crippen LogP contribution in [0.2, 0.25) is 6.32 Å². The molecule has 0 aromatic carbocycles. The summed E-state index contributed by atoms with van der Waals surface area (Å²) in [5.74, 6) is 0. The third-order valence-electron chi connectivity index (χ3n) is 4.96. The Morgan fingerprint density at radius 2 is 1.29 bits per heavy atom. The summed E-state index contributed by atoms with van der Waals surface area (Å²) in [6.45, 7) is 4.05. The van der Waals surface area contributed by atoms with E-state index in [1.54, 1.807) is 14.2 Å². The van der Waals surface area contributed by atoms with Crippen LogP contribution in [0.4, 0.5) is 0 Å². The second-order valence-electron chi connectivity index (χ2n) is 7.09. The van der Waals surface area contributed by atoms with E-state index in [0.29, 0.717) is 12.6 Å². The lowest BCUT2D eigenvalue weighted by atomic mass is 9.93. The van der Waals surface area contributed by atoms with E-state index in [9.17, 15) is 0 Å². The summed E-state index contributed by atoms with van der Waals surface area (Å²) in [6.07, 6.45) is 18.1. The molecule has 24 heavy (non-hydrogen) atoms. The van der Waals surface area contributed by atoms with Crippen molar-refractivity contribution in [1.29, 1.82) is 0 Å². The Kier molecular flexibility index (Phi) is 19.2. The van der Waals surface area contributed by atoms with Gasteiger partial charge in [0.2, 0.25) is 0 Å². The third-order valence-corrected chi connectivity index (χ3v) is 4.96. The fraction of sp³-hybridized carbons (Fsp3) is 1.00. The van der Waals surface area contributed by atoms with Crippen LogP contribution in [0.15, 0.2) is 0 Å². The van der Waals surface area contributed by atoms with Crippen LogP contribution >= 0.6 is 0 Å². The fourth-order valence-electron chi connectivity index (χ4n) is 3.30. The minimum atomic E-state index is 0.164. The van der Waals surface area contributed by atoms with Crippen molar-refractivity contribution in [3.05, 3.63) is 0 Å². The third kappa shape index (κ3) is 14.3. The van der Waals surface area contributed by atoms with Crippen LogP contribution in [-0.2, 0) is 9.47 Å². The van der Waals surface area contributed by atoms with E-state index in [1.807, 2.05) is 0 Å². The lowest BCUT2D eigenvalue weighted by molar-refractivity contribution is 0.00899. The highest BCUT2D eigenvalue weighted by molar-refractivity contribution is 6.09. The zero-order valence-corrected chi connectivity index (χ0v) is 17.1. The summed E-state index contributed by atoms with van der Waals surface area (Å²) >= 11 is 0. The van der Waals surface area contributed by atoms with Crippen LogP contribution in [0.25, 0.3) is 0 Å². The van der Waals surface area contributed by atoms with Gasteiger partial charge in [-0.1, -0.05) is 83.9 Å². The van der Waals surface area contributed by atoms with Crippen LogP contribution in [0.3, 0.4) is 0 Å². The highest BCUT2D eigenvalue weighted by Gasteiger charge is 2.18. The molecular formula is C20H44BNO2. The first kappa shape index (κ1) is 23.9. The topological polar surface area (TPSA) is 30.5 Å². The summed E-state index contributed by atoms with van der Waals surface area (Å²) in [7, 11) is 5.73. The summed E-state index contributed by atoms with van der Waals surface area (Å²) in [5.41, 5.74) is 0. The largest absolute Gasteiger partial charge is 0.382 e. The minimum absolute atomic E-state index is 0.164. The maximum atomic E-state index is 5.52. The van der Waals surface area contributed by atoms with Crippen LogP contribution in [0, 0.1) is 0 Å². The number of unbranched alkanes of at least 4 members (excludes halogenated alkanes) is 11. The molecular weight excluding hydrogens is 297 g/mol. The van der Waals surface area contributed by atoms with Gasteiger partial charge in [-0.25, -0.2) is 0 Å². The standard InChI is InChI=1S/C20H44BNO2/c1-4-5-6-7-8-9-10-11-12-13-14-15-16-22-19(17-21)20(24-3)18-23-2/h19-20,22H,4-18,21H2,1-3H3. The van der Waals surface area contributed by atoms with Crippen LogP contribution < -0.4 is 5.32 Å². The number of nitrogens with one attached hydrogen (secondary N) is 1. The first-order valence-electron chi connectivity index (χ1n) is 10.5. The van der Waals surface area contributed by atoms with Crippen LogP contribution in [-0.4, -0.2) is 47.4 Å². The zero-order chi connectivity index (χ0) is 17.9. The molecule has 0 rings (SSSR count). The molecule has 0 aromatic rings. The van der Waals surface area contributed by atoms with E-state index < -0.39 is 0 Å². The van der Waals surface area contributed by atoms with Crippen molar-refractivity contribution >= 4 is 7.85 Å². The van der Waals surface area contributed by atoms with Crippen LogP contribution in [0.1, 0.15) is 84.0 Å². The van der Waals surface area contributed by atoms with Gasteiger partial charge in [0.1, 0.15) is 7.85 Å². The zero-order valence-electron chi connectivity index (χ0n) is 17.1. The Morgan fingerprint density at radius 1 is 0.792 bits per heavy atom. The normalized spacial score (nSPS) is 14.0. The van der Waals surface area contributed by atoms with E-state index in [0.717, 1.165) is 12.9 Å². The first-order chi connectivity index (χ1) is 11.8. The van der Waals surface area contributed by atoms with Gasteiger partial charge in [-0.3, -0.25) is 0 Å². The molecule has 3 nitrogen and oxygen atoms in total. The van der Waals surface area contributed by atoms with Gasteiger partial charge in [-0.15, -0.1) is 0 Å². The first-order valence-corrected chi connectivity index (χ1v) is 10.5. The van der Waals surface area contributed by atoms with Gasteiger partial charge >= 0.3 is 0 Å². The molecule has 144 valence electrons. The smallest absolute Gasteiger partial charge is 0.103 e. The minimum Gasteiger partial charge on any atom is -0.382 e. The molecule has 0 saturated carbocycles. The molecule has 0 aliphatic carbocycles. The van der Waals surface area contributed by atoms with E-state index in [2.05, 4.69) is 20.1 Å². The SMILES string of the molecule is BCC(NCCCCCCCCCCCCCC)C(COC)OC. The molecule has 0 aliphatic rings. The number of methoxy groups -OCH3 is 2. The average Bonchev–Trinajstić information content (AvgIpc) is 2.60. The predicted molar refractivity (Wildman–Crippen MR) is 109 cm³/mol. The van der Waals surface area contributed by atoms with E-state index in [-0.39, 0.29) is 6.10 Å². The fourth-order valence-corrected chi connectivity index (χ4v) is 3.30. The number of ether oxygens (including phenoxy) is 2. The molecule has 2 unspecified atom stereocenters. The monoisotopic (exact) mass is 341 g/mol. The van der Waals surface area contributed by atoms with Crippen LogP contribution in [0.5, 0.6) is 0 Å². The molecule has 4 heteroatoms. The maximum absolute atomic E-state index is 5.52. The number of hydrogen-bond donors (Lipinski definition) is 1. The number of rotatable bonds is 19. The Balaban J connectivity index is 3.37. The second-order valence-corrected chi connectivity index (χ2v) is 7.09. The Bertz CT molecular complexity index is 242. The highest BCUT2D eigenvalue weighted by atomic mass is 16.5. The van der Waals surface area contributed by atoms with Gasteiger partial charge in [-0.2, -0.15) is 0 Å². The highest BCUT2D eigenvalue weighted by Crippen LogP contribution is 2.12. The Morgan fingerprint density at radius 3 is 1.71 bits per heavy atom. The van der Waals surface area contributed by atoms with Gasteiger partial charge < -0.3 is 14.8 Å². The molecule has 1 N–H and O–H groups in total. The number of hydrogen-bond acceptors (Lipinski definition) is 3. The summed E-state index contributed by atoms with van der Waals surface area (Å²) in [5, 5.41) is 3.64. The van der Waals surface area contributed by atoms with Crippen molar-refractivity contribution in [3.63, 3.8) is 0 Å². The van der Waals surface area contributed by atoms with Gasteiger partial charge in [-0.05, 0) is 13.0 Å². The van der Waals surface area contributed by atoms with E-state index in [4.69, 9.17) is 9.47 Å². The molecule has 0 heterocycles. The van der Waals surface area contributed by atoms with Gasteiger partial charge in [0.15, 0.2) is 0 Å². The molecule has 0 radical (unpaired) electrons. The van der Waals surface area contributed by atoms with Gasteiger partial charge in [0.05, 0.1) is 12.7 Å². The quantitative estimate of drug-likeness (QED) is 0.280. The van der Waals surface area contributed by atoms with E-state index >= 15 is 0 Å². The van der Waals surface area contributed by atoms with Crippen molar-refractivity contribution in [2.24, 2.45) is 0 Å². The molecule has 0 spiro atoms. The van der Waals surface area contributed by atoms with Crippen molar-refractivity contribution in [2.45, 2.75) is 102 Å². The molecule has 2 atom stereocenters. The molecule has 0 aliphatic heterocycles. The van der Waals surface area contributed by atoms with E-state index in [1.165, 1.54) is 77.0 Å². The summed E-state index contributed by atoms with van der Waals surface area (Å²) in [4.78, 5) is 0.